The summed E-state index contributed by atoms with van der Waals surface area (Å²) >= 11 is 0.968. The molecule has 3 aliphatic rings. The number of esters is 1. The Morgan fingerprint density at radius 3 is 2.61 bits per heavy atom. The van der Waals surface area contributed by atoms with Crippen LogP contribution in [0.5, 0.6) is 0 Å². The van der Waals surface area contributed by atoms with Crippen molar-refractivity contribution < 1.29 is 107 Å². The minimum absolute atomic E-state index is 0. The molecule has 0 unspecified atom stereocenters. The van der Waals surface area contributed by atoms with Gasteiger partial charge in [-0.25, -0.2) is 4.98 Å². The normalized spacial score (nSPS) is 28.8. The molecule has 0 aliphatic carbocycles. The molecule has 1 aromatic rings. The number of anilines is 1. The number of nitrogen functional groups attached to an aromatic ring is 1. The van der Waals surface area contributed by atoms with Gasteiger partial charge in [0.15, 0.2) is 23.2 Å². The molecule has 4 heterocycles. The first-order valence-corrected chi connectivity index (χ1v) is 12.1. The summed E-state index contributed by atoms with van der Waals surface area (Å²) in [6, 6.07) is 0. The number of aliphatic carboxylic acids is 2. The van der Waals surface area contributed by atoms with Crippen molar-refractivity contribution in [1.82, 2.24) is 9.88 Å². The fraction of sp³-hybridized carbons (Fsp3) is 0.500. The fourth-order valence-corrected chi connectivity index (χ4v) is 6.90. The summed E-state index contributed by atoms with van der Waals surface area (Å²) in [5, 5.41) is 26.3. The number of fused-ring (bicyclic) bond motifs is 3. The second kappa shape index (κ2) is 12.0. The van der Waals surface area contributed by atoms with Crippen LogP contribution in [0.1, 0.15) is 25.0 Å². The van der Waals surface area contributed by atoms with Gasteiger partial charge in [0.2, 0.25) is 11.6 Å². The van der Waals surface area contributed by atoms with Gasteiger partial charge in [0.05, 0.1) is 11.9 Å². The zero-order valence-corrected chi connectivity index (χ0v) is 24.8. The molecule has 18 heteroatoms. The maximum Gasteiger partial charge on any atom is 1.00 e. The Kier molecular flexibility index (Phi) is 10.3. The SMILES string of the molecule is Nc1nc(/C(=N/OCC(=O)[O-])C(=O)C[C@@H]2C(=O)N3[C@@H]2[S@@](=O)C[C@@H]2CCC(=O)O[C@@]23C(=O)[O-])cs1.[Na+].[Na+]. The van der Waals surface area contributed by atoms with E-state index in [1.54, 1.807) is 0 Å². The van der Waals surface area contributed by atoms with E-state index in [9.17, 15) is 38.4 Å². The first-order valence-electron chi connectivity index (χ1n) is 9.84. The van der Waals surface area contributed by atoms with E-state index in [-0.39, 0.29) is 88.5 Å². The molecule has 182 valence electrons. The molecule has 3 aliphatic heterocycles. The minimum Gasteiger partial charge on any atom is -0.546 e. The third-order valence-corrected chi connectivity index (χ3v) is 8.21. The molecule has 0 saturated carbocycles. The molecule has 0 radical (unpaired) electrons. The van der Waals surface area contributed by atoms with Crippen LogP contribution in [0.25, 0.3) is 0 Å². The number of hydrogen-bond donors (Lipinski definition) is 1. The number of carboxylic acid groups (broad SMARTS) is 2. The number of oxime groups is 1. The van der Waals surface area contributed by atoms with Gasteiger partial charge in [-0.15, -0.1) is 11.3 Å². The number of carboxylic acids is 2. The van der Waals surface area contributed by atoms with E-state index in [0.29, 0.717) is 0 Å². The smallest absolute Gasteiger partial charge is 0.546 e. The van der Waals surface area contributed by atoms with Crippen LogP contribution in [-0.4, -0.2) is 72.9 Å². The van der Waals surface area contributed by atoms with Crippen LogP contribution in [0.15, 0.2) is 10.5 Å². The number of Topliss-reactive ketones (excluding diaryl/α,β-unsaturated/α-hetero) is 1. The van der Waals surface area contributed by atoms with Gasteiger partial charge in [-0.3, -0.25) is 23.5 Å². The quantitative estimate of drug-likeness (QED) is 0.103. The van der Waals surface area contributed by atoms with Crippen molar-refractivity contribution in [3.8, 4) is 0 Å². The van der Waals surface area contributed by atoms with Crippen LogP contribution in [0, 0.1) is 11.8 Å². The average Bonchev–Trinajstić information content (AvgIpc) is 3.19. The van der Waals surface area contributed by atoms with E-state index in [4.69, 9.17) is 10.5 Å². The van der Waals surface area contributed by atoms with Crippen LogP contribution in [0.2, 0.25) is 0 Å². The Labute approximate surface area is 254 Å². The molecule has 36 heavy (non-hydrogen) atoms. The summed E-state index contributed by atoms with van der Waals surface area (Å²) in [5.74, 6) is -8.21. The standard InChI is InChI=1S/C18H18N4O10S2.2Na/c19-17-20-9(5-33-17)13(21-31-4-11(24)25)10(23)3-8-14(27)22-15(8)34(30)6-7-1-2-12(26)32-18(7,22)16(28)29;;/h5,7-8,15H,1-4,6H2,(H2,19,20)(H,24,25)(H,28,29);;/q;2*+1/p-2/b21-13-;;/t7-,8+,15+,18+,34-;;/m0../s1. The van der Waals surface area contributed by atoms with Crippen molar-refractivity contribution in [1.29, 1.82) is 0 Å². The number of amides is 1. The number of nitrogens with two attached hydrogens (primary N) is 1. The van der Waals surface area contributed by atoms with E-state index in [0.717, 1.165) is 16.2 Å². The largest absolute Gasteiger partial charge is 1.00 e. The van der Waals surface area contributed by atoms with Gasteiger partial charge < -0.3 is 35.1 Å². The first kappa shape index (κ1) is 30.8. The van der Waals surface area contributed by atoms with E-state index in [1.165, 1.54) is 5.38 Å². The number of hydrogen-bond acceptors (Lipinski definition) is 14. The third kappa shape index (κ3) is 5.41. The van der Waals surface area contributed by atoms with Crippen LogP contribution >= 0.6 is 11.3 Å². The number of β-lactam (4-membered cyclic amide) rings is 1. The molecule has 1 amide bonds. The number of thiazole rings is 1. The molecule has 0 aromatic carbocycles. The summed E-state index contributed by atoms with van der Waals surface area (Å²) in [4.78, 5) is 69.7. The summed E-state index contributed by atoms with van der Waals surface area (Å²) in [6.45, 7) is -0.958. The molecule has 14 nitrogen and oxygen atoms in total. The maximum absolute atomic E-state index is 13.0. The topological polar surface area (TPSA) is 222 Å². The molecule has 2 N–H and O–H groups in total. The Balaban J connectivity index is 0.00000228. The fourth-order valence-electron chi connectivity index (χ4n) is 4.29. The van der Waals surface area contributed by atoms with Gasteiger partial charge in [-0.05, 0) is 6.42 Å². The van der Waals surface area contributed by atoms with Gasteiger partial charge in [0.1, 0.15) is 17.0 Å². The Morgan fingerprint density at radius 1 is 1.33 bits per heavy atom. The first-order chi connectivity index (χ1) is 16.1. The van der Waals surface area contributed by atoms with Crippen molar-refractivity contribution in [2.24, 2.45) is 17.0 Å². The zero-order chi connectivity index (χ0) is 24.8. The summed E-state index contributed by atoms with van der Waals surface area (Å²) < 4.78 is 18.0. The van der Waals surface area contributed by atoms with Crippen LogP contribution < -0.4 is 75.1 Å². The molecule has 1 aromatic heterocycles. The van der Waals surface area contributed by atoms with Crippen molar-refractivity contribution >= 4 is 62.6 Å². The number of aromatic nitrogens is 1. The van der Waals surface area contributed by atoms with E-state index >= 15 is 0 Å². The van der Waals surface area contributed by atoms with Crippen molar-refractivity contribution in [2.75, 3.05) is 18.1 Å². The summed E-state index contributed by atoms with van der Waals surface area (Å²) in [6.07, 6.45) is -0.608. The Hall–Kier alpha value is -1.40. The number of nitrogens with zero attached hydrogens (tertiary/aromatic N) is 3. The maximum atomic E-state index is 13.0. The third-order valence-electron chi connectivity index (χ3n) is 5.73. The second-order valence-electron chi connectivity index (χ2n) is 7.73. The summed E-state index contributed by atoms with van der Waals surface area (Å²) in [7, 11) is -1.75. The zero-order valence-electron chi connectivity index (χ0n) is 19.2. The van der Waals surface area contributed by atoms with Gasteiger partial charge >= 0.3 is 65.1 Å². The van der Waals surface area contributed by atoms with Crippen molar-refractivity contribution in [3.05, 3.63) is 11.1 Å². The molecule has 3 fully saturated rings. The predicted molar refractivity (Wildman–Crippen MR) is 107 cm³/mol. The number of ketones is 1. The molecule has 4 rings (SSSR count). The number of carbonyl (C=O) groups excluding carboxylic acids is 5. The summed E-state index contributed by atoms with van der Waals surface area (Å²) in [5.41, 5.74) is 2.71. The molecule has 0 spiro atoms. The van der Waals surface area contributed by atoms with Gasteiger partial charge in [-0.1, -0.05) is 5.16 Å². The van der Waals surface area contributed by atoms with E-state index in [2.05, 4.69) is 15.0 Å². The molecule has 0 bridgehead atoms. The Morgan fingerprint density at radius 2 is 2.03 bits per heavy atom. The number of ether oxygens (including phenoxy) is 1. The average molecular weight is 558 g/mol. The van der Waals surface area contributed by atoms with E-state index in [1.807, 2.05) is 0 Å². The predicted octanol–water partition coefficient (Wildman–Crippen LogP) is -9.89. The van der Waals surface area contributed by atoms with Crippen molar-refractivity contribution in [2.45, 2.75) is 30.4 Å². The molecule has 3 saturated heterocycles. The monoisotopic (exact) mass is 558 g/mol. The van der Waals surface area contributed by atoms with Crippen molar-refractivity contribution in [3.63, 3.8) is 0 Å². The minimum atomic E-state index is -2.39. The van der Waals surface area contributed by atoms with E-state index < -0.39 is 82.1 Å². The van der Waals surface area contributed by atoms with Gasteiger partial charge in [0, 0.05) is 40.7 Å². The van der Waals surface area contributed by atoms with Gasteiger partial charge in [-0.2, -0.15) is 0 Å². The Bertz CT molecular complexity index is 1160. The van der Waals surface area contributed by atoms with Gasteiger partial charge in [0.25, 0.3) is 0 Å². The molecular formula is C18H16N4Na2O10S2. The molecular weight excluding hydrogens is 542 g/mol. The molecule has 5 atom stereocenters. The van der Waals surface area contributed by atoms with Crippen LogP contribution in [-0.2, 0) is 44.3 Å². The number of rotatable bonds is 8. The number of carbonyl (C=O) groups is 5. The second-order valence-corrected chi connectivity index (χ2v) is 10.2. The van der Waals surface area contributed by atoms with Crippen LogP contribution in [0.4, 0.5) is 5.13 Å². The van der Waals surface area contributed by atoms with Crippen LogP contribution in [0.3, 0.4) is 0 Å².